The van der Waals surface area contributed by atoms with Crippen molar-refractivity contribution >= 4 is 5.97 Å². The number of carboxylic acid groups (broad SMARTS) is 1. The van der Waals surface area contributed by atoms with Crippen molar-refractivity contribution in [1.82, 2.24) is 4.90 Å². The largest absolute Gasteiger partial charge is 0.479 e. The van der Waals surface area contributed by atoms with Crippen LogP contribution in [-0.4, -0.2) is 45.8 Å². The van der Waals surface area contributed by atoms with Crippen LogP contribution in [0.4, 0.5) is 0 Å². The van der Waals surface area contributed by atoms with Crippen molar-refractivity contribution in [1.29, 1.82) is 0 Å². The SMILES string of the molecule is CC(C)(C)N1CCCC(C(O)C(=O)O)C1. The van der Waals surface area contributed by atoms with Gasteiger partial charge in [0.15, 0.2) is 6.10 Å². The highest BCUT2D eigenvalue weighted by atomic mass is 16.4. The van der Waals surface area contributed by atoms with Gasteiger partial charge >= 0.3 is 5.97 Å². The molecule has 0 radical (unpaired) electrons. The Morgan fingerprint density at radius 3 is 2.53 bits per heavy atom. The highest BCUT2D eigenvalue weighted by molar-refractivity contribution is 5.72. The van der Waals surface area contributed by atoms with Crippen LogP contribution >= 0.6 is 0 Å². The van der Waals surface area contributed by atoms with Gasteiger partial charge in [-0.15, -0.1) is 0 Å². The van der Waals surface area contributed by atoms with Crippen LogP contribution < -0.4 is 0 Å². The van der Waals surface area contributed by atoms with E-state index in [1.54, 1.807) is 0 Å². The van der Waals surface area contributed by atoms with Crippen LogP contribution in [0.15, 0.2) is 0 Å². The third kappa shape index (κ3) is 3.18. The molecular formula is C11H21NO3. The Balaban J connectivity index is 2.60. The Kier molecular flexibility index (Phi) is 3.73. The number of piperidine rings is 1. The van der Waals surface area contributed by atoms with Crippen LogP contribution in [0.3, 0.4) is 0 Å². The van der Waals surface area contributed by atoms with Crippen LogP contribution in [0.5, 0.6) is 0 Å². The van der Waals surface area contributed by atoms with Gasteiger partial charge in [-0.25, -0.2) is 4.79 Å². The molecule has 1 heterocycles. The fraction of sp³-hybridized carbons (Fsp3) is 0.909. The van der Waals surface area contributed by atoms with E-state index in [1.807, 2.05) is 0 Å². The van der Waals surface area contributed by atoms with Gasteiger partial charge in [-0.3, -0.25) is 4.90 Å². The van der Waals surface area contributed by atoms with Gasteiger partial charge < -0.3 is 10.2 Å². The normalized spacial score (nSPS) is 26.3. The number of aliphatic hydroxyl groups excluding tert-OH is 1. The minimum Gasteiger partial charge on any atom is -0.479 e. The maximum Gasteiger partial charge on any atom is 0.332 e. The molecule has 4 nitrogen and oxygen atoms in total. The number of likely N-dealkylation sites (tertiary alicyclic amines) is 1. The summed E-state index contributed by atoms with van der Waals surface area (Å²) in [5, 5.41) is 18.3. The summed E-state index contributed by atoms with van der Waals surface area (Å²) in [6.07, 6.45) is 0.557. The number of hydrogen-bond donors (Lipinski definition) is 2. The maximum absolute atomic E-state index is 10.7. The van der Waals surface area contributed by atoms with Crippen molar-refractivity contribution in [2.24, 2.45) is 5.92 Å². The lowest BCUT2D eigenvalue weighted by atomic mass is 9.89. The lowest BCUT2D eigenvalue weighted by molar-refractivity contribution is -0.151. The van der Waals surface area contributed by atoms with E-state index in [0.717, 1.165) is 19.4 Å². The van der Waals surface area contributed by atoms with E-state index in [-0.39, 0.29) is 11.5 Å². The summed E-state index contributed by atoms with van der Waals surface area (Å²) in [4.78, 5) is 12.9. The highest BCUT2D eigenvalue weighted by Gasteiger charge is 2.33. The van der Waals surface area contributed by atoms with E-state index in [0.29, 0.717) is 6.54 Å². The first-order valence-corrected chi connectivity index (χ1v) is 5.48. The second-order valence-electron chi connectivity index (χ2n) is 5.30. The lowest BCUT2D eigenvalue weighted by Gasteiger charge is -2.42. The molecule has 1 aliphatic rings. The lowest BCUT2D eigenvalue weighted by Crippen LogP contribution is -2.50. The Hall–Kier alpha value is -0.610. The zero-order valence-electron chi connectivity index (χ0n) is 9.73. The Morgan fingerprint density at radius 2 is 2.07 bits per heavy atom. The first-order valence-electron chi connectivity index (χ1n) is 5.48. The van der Waals surface area contributed by atoms with Crippen molar-refractivity contribution in [2.75, 3.05) is 13.1 Å². The summed E-state index contributed by atoms with van der Waals surface area (Å²) in [5.41, 5.74) is 0.0525. The summed E-state index contributed by atoms with van der Waals surface area (Å²) in [6.45, 7) is 8.01. The average Bonchev–Trinajstić information content (AvgIpc) is 2.15. The Labute approximate surface area is 90.9 Å². The molecule has 0 aromatic carbocycles. The van der Waals surface area contributed by atoms with Crippen molar-refractivity contribution in [2.45, 2.75) is 45.3 Å². The molecule has 0 spiro atoms. The molecule has 1 fully saturated rings. The smallest absolute Gasteiger partial charge is 0.332 e. The van der Waals surface area contributed by atoms with Gasteiger partial charge in [-0.1, -0.05) is 0 Å². The predicted molar refractivity (Wildman–Crippen MR) is 57.7 cm³/mol. The molecule has 15 heavy (non-hydrogen) atoms. The summed E-state index contributed by atoms with van der Waals surface area (Å²) >= 11 is 0. The monoisotopic (exact) mass is 215 g/mol. The summed E-state index contributed by atoms with van der Waals surface area (Å²) in [7, 11) is 0. The highest BCUT2D eigenvalue weighted by Crippen LogP contribution is 2.25. The fourth-order valence-electron chi connectivity index (χ4n) is 2.08. The van der Waals surface area contributed by atoms with E-state index >= 15 is 0 Å². The molecule has 2 atom stereocenters. The van der Waals surface area contributed by atoms with Crippen LogP contribution in [0.2, 0.25) is 0 Å². The minimum absolute atomic E-state index is 0.0525. The summed E-state index contributed by atoms with van der Waals surface area (Å²) in [6, 6.07) is 0. The first-order chi connectivity index (χ1) is 6.82. The third-order valence-electron chi connectivity index (χ3n) is 3.11. The van der Waals surface area contributed by atoms with Gasteiger partial charge in [0.05, 0.1) is 0 Å². The molecule has 4 heteroatoms. The van der Waals surface area contributed by atoms with Gasteiger partial charge in [0.1, 0.15) is 0 Å². The molecule has 0 aromatic heterocycles. The number of carboxylic acids is 1. The van der Waals surface area contributed by atoms with E-state index < -0.39 is 12.1 Å². The molecule has 1 saturated heterocycles. The first kappa shape index (κ1) is 12.5. The molecule has 2 N–H and O–H groups in total. The minimum atomic E-state index is -1.21. The topological polar surface area (TPSA) is 60.8 Å². The standard InChI is InChI=1S/C11H21NO3/c1-11(2,3)12-6-4-5-8(7-12)9(13)10(14)15/h8-9,13H,4-7H2,1-3H3,(H,14,15). The average molecular weight is 215 g/mol. The predicted octanol–water partition coefficient (Wildman–Crippen LogP) is 0.942. The van der Waals surface area contributed by atoms with Crippen LogP contribution in [0.25, 0.3) is 0 Å². The molecule has 0 aliphatic carbocycles. The molecule has 2 unspecified atom stereocenters. The van der Waals surface area contributed by atoms with Crippen LogP contribution in [-0.2, 0) is 4.79 Å². The van der Waals surface area contributed by atoms with Gasteiger partial charge in [0, 0.05) is 18.0 Å². The summed E-state index contributed by atoms with van der Waals surface area (Å²) < 4.78 is 0. The van der Waals surface area contributed by atoms with Crippen LogP contribution in [0, 0.1) is 5.92 Å². The van der Waals surface area contributed by atoms with Crippen molar-refractivity contribution in [3.8, 4) is 0 Å². The zero-order valence-corrected chi connectivity index (χ0v) is 9.73. The molecular weight excluding hydrogens is 194 g/mol. The van der Waals surface area contributed by atoms with E-state index in [9.17, 15) is 9.90 Å². The van der Waals surface area contributed by atoms with Gasteiger partial charge in [0.25, 0.3) is 0 Å². The molecule has 0 saturated carbocycles. The molecule has 0 aromatic rings. The van der Waals surface area contributed by atoms with Crippen molar-refractivity contribution < 1.29 is 15.0 Å². The number of hydrogen-bond acceptors (Lipinski definition) is 3. The van der Waals surface area contributed by atoms with Crippen molar-refractivity contribution in [3.05, 3.63) is 0 Å². The van der Waals surface area contributed by atoms with Gasteiger partial charge in [-0.05, 0) is 40.2 Å². The zero-order chi connectivity index (χ0) is 11.6. The van der Waals surface area contributed by atoms with E-state index in [1.165, 1.54) is 0 Å². The van der Waals surface area contributed by atoms with Gasteiger partial charge in [0.2, 0.25) is 0 Å². The van der Waals surface area contributed by atoms with Gasteiger partial charge in [-0.2, -0.15) is 0 Å². The van der Waals surface area contributed by atoms with Crippen molar-refractivity contribution in [3.63, 3.8) is 0 Å². The molecule has 1 aliphatic heterocycles. The molecule has 1 rings (SSSR count). The number of rotatable bonds is 2. The van der Waals surface area contributed by atoms with E-state index in [2.05, 4.69) is 25.7 Å². The molecule has 88 valence electrons. The number of carbonyl (C=O) groups is 1. The second kappa shape index (κ2) is 4.49. The van der Waals surface area contributed by atoms with Crippen LogP contribution in [0.1, 0.15) is 33.6 Å². The Morgan fingerprint density at radius 1 is 1.47 bits per heavy atom. The number of nitrogens with zero attached hydrogens (tertiary/aromatic N) is 1. The summed E-state index contributed by atoms with van der Waals surface area (Å²) in [5.74, 6) is -1.23. The van der Waals surface area contributed by atoms with E-state index in [4.69, 9.17) is 5.11 Å². The maximum atomic E-state index is 10.7. The molecule has 0 amide bonds. The fourth-order valence-corrected chi connectivity index (χ4v) is 2.08. The number of aliphatic hydroxyl groups is 1. The molecule has 0 bridgehead atoms. The number of aliphatic carboxylic acids is 1. The second-order valence-corrected chi connectivity index (χ2v) is 5.30. The third-order valence-corrected chi connectivity index (χ3v) is 3.11. The Bertz CT molecular complexity index is 234. The quantitative estimate of drug-likeness (QED) is 0.719.